The predicted molar refractivity (Wildman–Crippen MR) is 168 cm³/mol. The number of ether oxygens (including phenoxy) is 1. The fourth-order valence-corrected chi connectivity index (χ4v) is 5.79. The first-order chi connectivity index (χ1) is 20.5. The van der Waals surface area contributed by atoms with Crippen molar-refractivity contribution in [3.8, 4) is 11.3 Å². The quantitative estimate of drug-likeness (QED) is 0.353. The lowest BCUT2D eigenvalue weighted by atomic mass is 9.84. The minimum atomic E-state index is -0.540. The third-order valence-corrected chi connectivity index (χ3v) is 8.23. The Morgan fingerprint density at radius 2 is 1.93 bits per heavy atom. The molecule has 2 fully saturated rings. The topological polar surface area (TPSA) is 110 Å². The van der Waals surface area contributed by atoms with Gasteiger partial charge >= 0.3 is 6.09 Å². The predicted octanol–water partition coefficient (Wildman–Crippen LogP) is 5.39. The molecule has 2 aliphatic rings. The zero-order chi connectivity index (χ0) is 30.7. The summed E-state index contributed by atoms with van der Waals surface area (Å²) in [5, 5.41) is 12.0. The van der Waals surface area contributed by atoms with Gasteiger partial charge in [0, 0.05) is 61.6 Å². The lowest BCUT2D eigenvalue weighted by Crippen LogP contribution is -2.53. The number of hydrogen-bond acceptors (Lipinski definition) is 8. The van der Waals surface area contributed by atoms with Crippen LogP contribution in [-0.4, -0.2) is 72.9 Å². The fourth-order valence-electron chi connectivity index (χ4n) is 5.79. The van der Waals surface area contributed by atoms with Gasteiger partial charge in [0.1, 0.15) is 17.5 Å². The molecule has 1 amide bonds. The van der Waals surface area contributed by atoms with Crippen molar-refractivity contribution in [3.63, 3.8) is 0 Å². The molecule has 1 unspecified atom stereocenters. The molecule has 0 radical (unpaired) electrons. The van der Waals surface area contributed by atoms with Crippen LogP contribution in [0.15, 0.2) is 47.8 Å². The third kappa shape index (κ3) is 7.55. The number of aromatic nitrogens is 5. The van der Waals surface area contributed by atoms with Crippen LogP contribution < -0.4 is 15.8 Å². The summed E-state index contributed by atoms with van der Waals surface area (Å²) in [4.78, 5) is 35.1. The summed E-state index contributed by atoms with van der Waals surface area (Å²) in [6.45, 7) is 14.1. The minimum absolute atomic E-state index is 0.0443. The Morgan fingerprint density at radius 3 is 2.60 bits per heavy atom. The monoisotopic (exact) mass is 590 g/mol. The zero-order valence-corrected chi connectivity index (χ0v) is 26.4. The summed E-state index contributed by atoms with van der Waals surface area (Å²) in [6, 6.07) is 5.99. The lowest BCUT2D eigenvalue weighted by Gasteiger charge is -2.43. The normalized spacial score (nSPS) is 18.3. The van der Waals surface area contributed by atoms with Gasteiger partial charge < -0.3 is 19.9 Å². The van der Waals surface area contributed by atoms with Crippen LogP contribution in [0.25, 0.3) is 11.3 Å². The highest BCUT2D eigenvalue weighted by molar-refractivity contribution is 5.69. The van der Waals surface area contributed by atoms with Crippen LogP contribution in [0.3, 0.4) is 0 Å². The van der Waals surface area contributed by atoms with Crippen molar-refractivity contribution in [1.29, 1.82) is 0 Å². The molecule has 0 spiro atoms. The molecular formula is C32H46N8O3. The van der Waals surface area contributed by atoms with Crippen LogP contribution in [0.1, 0.15) is 79.8 Å². The molecule has 0 aromatic carbocycles. The SMILES string of the molecule is CC(C)Nc1cncc(-c2cn(C(C)n3ccc(N4CCC[C@@H](N(CC5CCC5)C(=O)OC(C)(C)C)C4)cc3=O)nn2)c1. The molecule has 1 saturated carbocycles. The summed E-state index contributed by atoms with van der Waals surface area (Å²) < 4.78 is 9.16. The van der Waals surface area contributed by atoms with E-state index < -0.39 is 5.60 Å². The molecule has 3 aromatic heterocycles. The molecule has 3 aromatic rings. The van der Waals surface area contributed by atoms with Crippen LogP contribution in [0.4, 0.5) is 16.2 Å². The largest absolute Gasteiger partial charge is 0.444 e. The number of hydrogen-bond donors (Lipinski definition) is 1. The van der Waals surface area contributed by atoms with Gasteiger partial charge in [0.25, 0.3) is 5.56 Å². The highest BCUT2D eigenvalue weighted by Crippen LogP contribution is 2.31. The maximum Gasteiger partial charge on any atom is 0.410 e. The summed E-state index contributed by atoms with van der Waals surface area (Å²) in [7, 11) is 0. The number of piperidine rings is 1. The molecule has 1 aliphatic heterocycles. The van der Waals surface area contributed by atoms with Gasteiger partial charge in [-0.05, 0) is 85.3 Å². The maximum absolute atomic E-state index is 13.4. The summed E-state index contributed by atoms with van der Waals surface area (Å²) >= 11 is 0. The van der Waals surface area contributed by atoms with Gasteiger partial charge in [-0.15, -0.1) is 5.10 Å². The van der Waals surface area contributed by atoms with Crippen molar-refractivity contribution >= 4 is 17.5 Å². The second-order valence-electron chi connectivity index (χ2n) is 13.3. The standard InChI is InChI=1S/C32H46N8O3/c1-22(2)34-26-15-25(17-33-18-26)29-21-40(36-35-29)23(3)38-14-12-27(16-30(38)41)37-13-8-11-28(20-37)39(19-24-9-7-10-24)31(42)43-32(4,5)6/h12,14-18,21-24,28,34H,7-11,13,19-20H2,1-6H3/t23?,28-/m1/s1. The van der Waals surface area contributed by atoms with E-state index in [2.05, 4.69) is 39.4 Å². The Balaban J connectivity index is 1.29. The maximum atomic E-state index is 13.4. The molecule has 1 saturated heterocycles. The average Bonchev–Trinajstić information content (AvgIpc) is 3.41. The van der Waals surface area contributed by atoms with Gasteiger partial charge in [-0.3, -0.25) is 14.3 Å². The lowest BCUT2D eigenvalue weighted by molar-refractivity contribution is 0.00736. The van der Waals surface area contributed by atoms with E-state index in [1.165, 1.54) is 6.42 Å². The number of pyridine rings is 2. The number of nitrogens with zero attached hydrogens (tertiary/aromatic N) is 7. The molecule has 5 rings (SSSR count). The number of nitrogens with one attached hydrogen (secondary N) is 1. The van der Waals surface area contributed by atoms with Crippen LogP contribution in [0.5, 0.6) is 0 Å². The number of anilines is 2. The number of carbonyl (C=O) groups excluding carboxylic acids is 1. The summed E-state index contributed by atoms with van der Waals surface area (Å²) in [6.07, 6.45) is 12.0. The van der Waals surface area contributed by atoms with Gasteiger partial charge in [0.15, 0.2) is 0 Å². The van der Waals surface area contributed by atoms with E-state index >= 15 is 0 Å². The van der Waals surface area contributed by atoms with E-state index in [1.54, 1.807) is 27.7 Å². The molecule has 4 heterocycles. The van der Waals surface area contributed by atoms with Crippen molar-refractivity contribution < 1.29 is 9.53 Å². The van der Waals surface area contributed by atoms with Crippen molar-refractivity contribution in [2.75, 3.05) is 29.9 Å². The summed E-state index contributed by atoms with van der Waals surface area (Å²) in [5.74, 6) is 0.544. The second kappa shape index (κ2) is 12.8. The number of rotatable bonds is 9. The third-order valence-electron chi connectivity index (χ3n) is 8.23. The van der Waals surface area contributed by atoms with Gasteiger partial charge in [-0.25, -0.2) is 9.48 Å². The van der Waals surface area contributed by atoms with Gasteiger partial charge in [0.05, 0.1) is 17.9 Å². The molecule has 232 valence electrons. The molecular weight excluding hydrogens is 544 g/mol. The average molecular weight is 591 g/mol. The highest BCUT2D eigenvalue weighted by atomic mass is 16.6. The van der Waals surface area contributed by atoms with E-state index in [-0.39, 0.29) is 29.9 Å². The van der Waals surface area contributed by atoms with Crippen LogP contribution in [-0.2, 0) is 4.74 Å². The molecule has 1 aliphatic carbocycles. The van der Waals surface area contributed by atoms with E-state index in [4.69, 9.17) is 4.74 Å². The minimum Gasteiger partial charge on any atom is -0.444 e. The molecule has 11 nitrogen and oxygen atoms in total. The number of amides is 1. The second-order valence-corrected chi connectivity index (χ2v) is 13.3. The van der Waals surface area contributed by atoms with Crippen LogP contribution in [0, 0.1) is 5.92 Å². The molecule has 1 N–H and O–H groups in total. The van der Waals surface area contributed by atoms with E-state index in [0.29, 0.717) is 18.2 Å². The Morgan fingerprint density at radius 1 is 1.14 bits per heavy atom. The van der Waals surface area contributed by atoms with Crippen molar-refractivity contribution in [2.24, 2.45) is 5.92 Å². The van der Waals surface area contributed by atoms with Crippen molar-refractivity contribution in [3.05, 3.63) is 53.3 Å². The Bertz CT molecular complexity index is 1460. The Hall–Kier alpha value is -3.89. The van der Waals surface area contributed by atoms with Crippen LogP contribution in [0.2, 0.25) is 0 Å². The van der Waals surface area contributed by atoms with E-state index in [1.807, 2.05) is 57.1 Å². The molecule has 43 heavy (non-hydrogen) atoms. The Kier molecular flexibility index (Phi) is 9.08. The van der Waals surface area contributed by atoms with Gasteiger partial charge in [-0.1, -0.05) is 11.6 Å². The molecule has 11 heteroatoms. The summed E-state index contributed by atoms with van der Waals surface area (Å²) in [5.41, 5.74) is 2.66. The van der Waals surface area contributed by atoms with Crippen LogP contribution >= 0.6 is 0 Å². The molecule has 0 bridgehead atoms. The first kappa shape index (κ1) is 30.6. The van der Waals surface area contributed by atoms with Crippen molar-refractivity contribution in [1.82, 2.24) is 29.4 Å². The number of carbonyl (C=O) groups is 1. The highest BCUT2D eigenvalue weighted by Gasteiger charge is 2.34. The van der Waals surface area contributed by atoms with E-state index in [9.17, 15) is 9.59 Å². The first-order valence-electron chi connectivity index (χ1n) is 15.6. The van der Waals surface area contributed by atoms with Gasteiger partial charge in [0.2, 0.25) is 0 Å². The van der Waals surface area contributed by atoms with E-state index in [0.717, 1.165) is 55.7 Å². The Labute approximate surface area is 254 Å². The fraction of sp³-hybridized carbons (Fsp3) is 0.594. The van der Waals surface area contributed by atoms with Crippen molar-refractivity contribution in [2.45, 2.75) is 97.5 Å². The zero-order valence-electron chi connectivity index (χ0n) is 26.4. The smallest absolute Gasteiger partial charge is 0.410 e. The van der Waals surface area contributed by atoms with Gasteiger partial charge in [-0.2, -0.15) is 0 Å². The molecule has 2 atom stereocenters. The first-order valence-corrected chi connectivity index (χ1v) is 15.6.